The van der Waals surface area contributed by atoms with Gasteiger partial charge in [-0.25, -0.2) is 8.51 Å². The second kappa shape index (κ2) is 3.96. The first-order valence-corrected chi connectivity index (χ1v) is 6.44. The number of nitrogens with zero attached hydrogens (tertiary/aromatic N) is 1. The zero-order chi connectivity index (χ0) is 12.7. The molecule has 90 valence electrons. The Hall–Kier alpha value is -2.14. The third-order valence-corrected chi connectivity index (χ3v) is 4.17. The quantitative estimate of drug-likeness (QED) is 0.853. The smallest absolute Gasteiger partial charge is 0.275 e. The van der Waals surface area contributed by atoms with Crippen molar-refractivity contribution in [1.82, 2.24) is 0 Å². The molecule has 4 nitrogen and oxygen atoms in total. The minimum atomic E-state index is -1.60. The highest BCUT2D eigenvalue weighted by atomic mass is 32.2. The van der Waals surface area contributed by atoms with E-state index >= 15 is 0 Å². The minimum Gasteiger partial charge on any atom is -0.507 e. The monoisotopic (exact) mass is 259 g/mol. The summed E-state index contributed by atoms with van der Waals surface area (Å²) < 4.78 is 13.4. The van der Waals surface area contributed by atoms with Crippen molar-refractivity contribution in [1.29, 1.82) is 0 Å². The number of para-hydroxylation sites is 1. The van der Waals surface area contributed by atoms with Crippen molar-refractivity contribution in [3.05, 3.63) is 54.1 Å². The average molecular weight is 259 g/mol. The van der Waals surface area contributed by atoms with Crippen molar-refractivity contribution in [2.75, 3.05) is 4.31 Å². The number of amides is 1. The fourth-order valence-electron chi connectivity index (χ4n) is 1.93. The number of phenols is 1. The summed E-state index contributed by atoms with van der Waals surface area (Å²) in [5.74, 6) is -0.572. The summed E-state index contributed by atoms with van der Waals surface area (Å²) in [6, 6.07) is 13.3. The van der Waals surface area contributed by atoms with Gasteiger partial charge in [-0.05, 0) is 24.3 Å². The maximum Gasteiger partial charge on any atom is 0.275 e. The summed E-state index contributed by atoms with van der Waals surface area (Å²) in [7, 11) is -1.60. The van der Waals surface area contributed by atoms with Crippen LogP contribution < -0.4 is 4.31 Å². The SMILES string of the molecule is O=C1c2c(O)cccc2S(=O)N1c1ccccc1. The molecule has 1 heterocycles. The Bertz CT molecular complexity index is 655. The molecule has 1 unspecified atom stereocenters. The lowest BCUT2D eigenvalue weighted by Gasteiger charge is -2.13. The van der Waals surface area contributed by atoms with Gasteiger partial charge in [-0.2, -0.15) is 0 Å². The molecule has 0 saturated heterocycles. The lowest BCUT2D eigenvalue weighted by atomic mass is 10.2. The molecule has 2 aromatic rings. The van der Waals surface area contributed by atoms with Crippen LogP contribution in [-0.2, 0) is 11.0 Å². The molecule has 0 aliphatic carbocycles. The molecule has 0 bridgehead atoms. The Kier molecular flexibility index (Phi) is 2.41. The number of rotatable bonds is 1. The number of phenolic OH excluding ortho intramolecular Hbond substituents is 1. The summed E-state index contributed by atoms with van der Waals surface area (Å²) in [6.07, 6.45) is 0. The van der Waals surface area contributed by atoms with Crippen molar-refractivity contribution in [3.63, 3.8) is 0 Å². The highest BCUT2D eigenvalue weighted by Gasteiger charge is 2.37. The van der Waals surface area contributed by atoms with Crippen LogP contribution in [0.2, 0.25) is 0 Å². The lowest BCUT2D eigenvalue weighted by molar-refractivity contribution is 0.101. The van der Waals surface area contributed by atoms with E-state index in [-0.39, 0.29) is 11.3 Å². The summed E-state index contributed by atoms with van der Waals surface area (Å²) in [5, 5.41) is 9.70. The molecule has 0 aromatic heterocycles. The highest BCUT2D eigenvalue weighted by Crippen LogP contribution is 2.35. The van der Waals surface area contributed by atoms with Gasteiger partial charge in [-0.1, -0.05) is 24.3 Å². The second-order valence-electron chi connectivity index (χ2n) is 3.83. The van der Waals surface area contributed by atoms with Gasteiger partial charge in [-0.15, -0.1) is 0 Å². The molecule has 1 aliphatic rings. The molecule has 2 aromatic carbocycles. The van der Waals surface area contributed by atoms with Crippen LogP contribution in [0.25, 0.3) is 0 Å². The summed E-state index contributed by atoms with van der Waals surface area (Å²) in [5.41, 5.74) is 0.677. The van der Waals surface area contributed by atoms with E-state index in [0.29, 0.717) is 10.6 Å². The molecule has 1 aliphatic heterocycles. The maximum absolute atomic E-state index is 12.3. The second-order valence-corrected chi connectivity index (χ2v) is 5.14. The molecule has 0 radical (unpaired) electrons. The highest BCUT2D eigenvalue weighted by molar-refractivity contribution is 7.88. The lowest BCUT2D eigenvalue weighted by Crippen LogP contribution is -2.25. The van der Waals surface area contributed by atoms with E-state index in [2.05, 4.69) is 0 Å². The predicted octanol–water partition coefficient (Wildman–Crippen LogP) is 2.08. The van der Waals surface area contributed by atoms with Gasteiger partial charge in [0.25, 0.3) is 5.91 Å². The third kappa shape index (κ3) is 1.44. The van der Waals surface area contributed by atoms with E-state index in [0.717, 1.165) is 0 Å². The first kappa shape index (κ1) is 11.0. The minimum absolute atomic E-state index is 0.125. The van der Waals surface area contributed by atoms with Crippen LogP contribution in [0.3, 0.4) is 0 Å². The molecular weight excluding hydrogens is 250 g/mol. The zero-order valence-electron chi connectivity index (χ0n) is 9.24. The number of aromatic hydroxyl groups is 1. The number of carbonyl (C=O) groups excluding carboxylic acids is 1. The molecule has 0 fully saturated rings. The average Bonchev–Trinajstić information content (AvgIpc) is 2.64. The maximum atomic E-state index is 12.3. The fourth-order valence-corrected chi connectivity index (χ4v) is 3.24. The standard InChI is InChI=1S/C13H9NO3S/c15-10-7-4-8-11-12(10)13(16)14(18(11)17)9-5-2-1-3-6-9/h1-8,15H. The van der Waals surface area contributed by atoms with Crippen LogP contribution in [0.5, 0.6) is 5.75 Å². The van der Waals surface area contributed by atoms with Gasteiger partial charge in [-0.3, -0.25) is 4.79 Å². The first-order valence-electron chi connectivity index (χ1n) is 5.33. The zero-order valence-corrected chi connectivity index (χ0v) is 10.1. The number of hydrogen-bond donors (Lipinski definition) is 1. The molecule has 1 amide bonds. The van der Waals surface area contributed by atoms with E-state index in [9.17, 15) is 14.1 Å². The van der Waals surface area contributed by atoms with Gasteiger partial charge in [0.1, 0.15) is 11.3 Å². The van der Waals surface area contributed by atoms with Gasteiger partial charge in [0, 0.05) is 0 Å². The number of hydrogen-bond acceptors (Lipinski definition) is 3. The third-order valence-electron chi connectivity index (χ3n) is 2.75. The van der Waals surface area contributed by atoms with Gasteiger partial charge in [0.2, 0.25) is 0 Å². The molecule has 5 heteroatoms. The van der Waals surface area contributed by atoms with Crippen molar-refractivity contribution in [3.8, 4) is 5.75 Å². The molecule has 1 atom stereocenters. The van der Waals surface area contributed by atoms with E-state index < -0.39 is 16.9 Å². The fraction of sp³-hybridized carbons (Fsp3) is 0. The van der Waals surface area contributed by atoms with Crippen LogP contribution in [0.1, 0.15) is 10.4 Å². The largest absolute Gasteiger partial charge is 0.507 e. The van der Waals surface area contributed by atoms with Crippen molar-refractivity contribution >= 4 is 22.6 Å². The summed E-state index contributed by atoms with van der Waals surface area (Å²) in [6.45, 7) is 0. The number of fused-ring (bicyclic) bond motifs is 1. The Morgan fingerprint density at radius 2 is 1.72 bits per heavy atom. The Balaban J connectivity index is 2.17. The van der Waals surface area contributed by atoms with Crippen molar-refractivity contribution in [2.24, 2.45) is 0 Å². The van der Waals surface area contributed by atoms with E-state index in [1.807, 2.05) is 6.07 Å². The van der Waals surface area contributed by atoms with Gasteiger partial charge < -0.3 is 5.11 Å². The number of carbonyl (C=O) groups is 1. The van der Waals surface area contributed by atoms with E-state index in [1.165, 1.54) is 10.4 Å². The topological polar surface area (TPSA) is 57.6 Å². The molecular formula is C13H9NO3S. The first-order chi connectivity index (χ1) is 8.70. The van der Waals surface area contributed by atoms with Crippen LogP contribution in [0.15, 0.2) is 53.4 Å². The molecule has 18 heavy (non-hydrogen) atoms. The summed E-state index contributed by atoms with van der Waals surface area (Å²) >= 11 is 0. The van der Waals surface area contributed by atoms with Crippen LogP contribution in [-0.4, -0.2) is 15.2 Å². The van der Waals surface area contributed by atoms with Crippen molar-refractivity contribution in [2.45, 2.75) is 4.90 Å². The molecule has 1 N–H and O–H groups in total. The van der Waals surface area contributed by atoms with Crippen LogP contribution in [0, 0.1) is 0 Å². The van der Waals surface area contributed by atoms with Crippen LogP contribution >= 0.6 is 0 Å². The Morgan fingerprint density at radius 1 is 1.00 bits per heavy atom. The number of benzene rings is 2. The molecule has 3 rings (SSSR count). The predicted molar refractivity (Wildman–Crippen MR) is 67.8 cm³/mol. The van der Waals surface area contributed by atoms with E-state index in [1.54, 1.807) is 36.4 Å². The summed E-state index contributed by atoms with van der Waals surface area (Å²) in [4.78, 5) is 12.6. The van der Waals surface area contributed by atoms with Gasteiger partial charge in [0.15, 0.2) is 11.0 Å². The molecule has 0 saturated carbocycles. The van der Waals surface area contributed by atoms with E-state index in [4.69, 9.17) is 0 Å². The van der Waals surface area contributed by atoms with Crippen LogP contribution in [0.4, 0.5) is 5.69 Å². The Morgan fingerprint density at radius 3 is 2.39 bits per heavy atom. The normalized spacial score (nSPS) is 17.9. The Labute approximate surface area is 106 Å². The van der Waals surface area contributed by atoms with Gasteiger partial charge in [0.05, 0.1) is 10.6 Å². The van der Waals surface area contributed by atoms with Crippen molar-refractivity contribution < 1.29 is 14.1 Å². The number of anilines is 1. The van der Waals surface area contributed by atoms with Gasteiger partial charge >= 0.3 is 0 Å². The molecule has 0 spiro atoms.